The molecule has 6 nitrogen and oxygen atoms in total. The molecule has 2 aliphatic rings. The third kappa shape index (κ3) is 4.68. The molecule has 0 spiro atoms. The first-order valence-corrected chi connectivity index (χ1v) is 9.85. The van der Waals surface area contributed by atoms with Gasteiger partial charge in [-0.2, -0.15) is 0 Å². The van der Waals surface area contributed by atoms with E-state index in [2.05, 4.69) is 6.07 Å². The first-order valence-electron chi connectivity index (χ1n) is 9.85. The van der Waals surface area contributed by atoms with E-state index < -0.39 is 0 Å². The second-order valence-electron chi connectivity index (χ2n) is 7.82. The van der Waals surface area contributed by atoms with Gasteiger partial charge in [0.05, 0.1) is 13.2 Å². The third-order valence-electron chi connectivity index (χ3n) is 5.59. The highest BCUT2D eigenvalue weighted by Gasteiger charge is 2.34. The zero-order valence-corrected chi connectivity index (χ0v) is 16.7. The van der Waals surface area contributed by atoms with Crippen molar-refractivity contribution in [2.45, 2.75) is 25.8 Å². The molecule has 27 heavy (non-hydrogen) atoms. The summed E-state index contributed by atoms with van der Waals surface area (Å²) in [5.41, 5.74) is 2.18. The Morgan fingerprint density at radius 3 is 2.33 bits per heavy atom. The number of benzene rings is 1. The van der Waals surface area contributed by atoms with E-state index in [9.17, 15) is 9.59 Å². The molecule has 0 N–H and O–H groups in total. The van der Waals surface area contributed by atoms with E-state index in [1.807, 2.05) is 53.9 Å². The molecular weight excluding hydrogens is 342 g/mol. The molecule has 0 saturated carbocycles. The highest BCUT2D eigenvalue weighted by atomic mass is 16.5. The van der Waals surface area contributed by atoms with Crippen LogP contribution in [0.2, 0.25) is 0 Å². The lowest BCUT2D eigenvalue weighted by atomic mass is 9.93. The van der Waals surface area contributed by atoms with Crippen LogP contribution in [-0.4, -0.2) is 80.0 Å². The molecule has 0 unspecified atom stereocenters. The monoisotopic (exact) mass is 373 g/mol. The zero-order chi connectivity index (χ0) is 19.4. The molecule has 2 heterocycles. The molecule has 1 atom stereocenters. The molecule has 2 amide bonds. The molecule has 6 heteroatoms. The summed E-state index contributed by atoms with van der Waals surface area (Å²) in [6.45, 7) is 5.98. The standard InChI is InChI=1S/C21H31N3O3/c1-16-5-4-6-18(15-16)19(22(2)3)21(26)23-9-7-17(8-10-23)20(25)24-11-13-27-14-12-24/h4-6,15,17,19H,7-14H2,1-3H3/t19-/m1/s1. The van der Waals surface area contributed by atoms with E-state index in [-0.39, 0.29) is 23.8 Å². The molecule has 2 fully saturated rings. The van der Waals surface area contributed by atoms with Crippen LogP contribution in [0.15, 0.2) is 24.3 Å². The minimum atomic E-state index is -0.281. The fraction of sp³-hybridized carbons (Fsp3) is 0.619. The Kier molecular flexibility index (Phi) is 6.50. The van der Waals surface area contributed by atoms with Crippen LogP contribution in [0.3, 0.4) is 0 Å². The Morgan fingerprint density at radius 1 is 1.07 bits per heavy atom. The maximum absolute atomic E-state index is 13.2. The van der Waals surface area contributed by atoms with E-state index >= 15 is 0 Å². The Morgan fingerprint density at radius 2 is 1.74 bits per heavy atom. The van der Waals surface area contributed by atoms with Gasteiger partial charge in [0.2, 0.25) is 11.8 Å². The van der Waals surface area contributed by atoms with E-state index in [0.717, 1.165) is 24.0 Å². The number of likely N-dealkylation sites (N-methyl/N-ethyl adjacent to an activating group) is 1. The van der Waals surface area contributed by atoms with Crippen LogP contribution in [0.25, 0.3) is 0 Å². The average molecular weight is 373 g/mol. The number of piperidine rings is 1. The fourth-order valence-corrected chi connectivity index (χ4v) is 4.06. The number of hydrogen-bond acceptors (Lipinski definition) is 4. The summed E-state index contributed by atoms with van der Waals surface area (Å²) in [5.74, 6) is 0.389. The molecule has 2 aliphatic heterocycles. The summed E-state index contributed by atoms with van der Waals surface area (Å²) in [6, 6.07) is 7.86. The van der Waals surface area contributed by atoms with Crippen LogP contribution in [-0.2, 0) is 14.3 Å². The summed E-state index contributed by atoms with van der Waals surface area (Å²) >= 11 is 0. The maximum atomic E-state index is 13.2. The Bertz CT molecular complexity index is 662. The first-order chi connectivity index (χ1) is 13.0. The fourth-order valence-electron chi connectivity index (χ4n) is 4.06. The largest absolute Gasteiger partial charge is 0.378 e. The van der Waals surface area contributed by atoms with Crippen molar-refractivity contribution in [3.8, 4) is 0 Å². The van der Waals surface area contributed by atoms with Crippen molar-refractivity contribution in [1.82, 2.24) is 14.7 Å². The van der Waals surface area contributed by atoms with Crippen LogP contribution in [0.5, 0.6) is 0 Å². The molecule has 2 saturated heterocycles. The van der Waals surface area contributed by atoms with Crippen LogP contribution in [0.4, 0.5) is 0 Å². The van der Waals surface area contributed by atoms with Crippen LogP contribution >= 0.6 is 0 Å². The van der Waals surface area contributed by atoms with Crippen molar-refractivity contribution in [3.63, 3.8) is 0 Å². The van der Waals surface area contributed by atoms with Crippen molar-refractivity contribution in [2.24, 2.45) is 5.92 Å². The van der Waals surface area contributed by atoms with Gasteiger partial charge in [-0.3, -0.25) is 14.5 Å². The van der Waals surface area contributed by atoms with Gasteiger partial charge < -0.3 is 14.5 Å². The first kappa shape index (κ1) is 19.8. The van der Waals surface area contributed by atoms with Gasteiger partial charge in [0, 0.05) is 32.1 Å². The number of morpholine rings is 1. The second kappa shape index (κ2) is 8.85. The molecule has 0 radical (unpaired) electrons. The topological polar surface area (TPSA) is 53.1 Å². The van der Waals surface area contributed by atoms with Gasteiger partial charge in [0.1, 0.15) is 6.04 Å². The minimum Gasteiger partial charge on any atom is -0.378 e. The maximum Gasteiger partial charge on any atom is 0.244 e. The van der Waals surface area contributed by atoms with Crippen molar-refractivity contribution in [2.75, 3.05) is 53.5 Å². The van der Waals surface area contributed by atoms with Crippen molar-refractivity contribution in [1.29, 1.82) is 0 Å². The Labute approximate surface area is 162 Å². The summed E-state index contributed by atoms with van der Waals surface area (Å²) in [4.78, 5) is 31.7. The molecule has 0 aliphatic carbocycles. The number of rotatable bonds is 4. The smallest absolute Gasteiger partial charge is 0.244 e. The molecule has 0 bridgehead atoms. The van der Waals surface area contributed by atoms with Crippen molar-refractivity contribution in [3.05, 3.63) is 35.4 Å². The van der Waals surface area contributed by atoms with Crippen LogP contribution in [0.1, 0.15) is 30.0 Å². The molecule has 1 aromatic rings. The summed E-state index contributed by atoms with van der Waals surface area (Å²) in [5, 5.41) is 0. The van der Waals surface area contributed by atoms with E-state index in [0.29, 0.717) is 39.4 Å². The predicted molar refractivity (Wildman–Crippen MR) is 104 cm³/mol. The van der Waals surface area contributed by atoms with E-state index in [1.54, 1.807) is 0 Å². The number of hydrogen-bond donors (Lipinski definition) is 0. The number of amides is 2. The molecular formula is C21H31N3O3. The average Bonchev–Trinajstić information content (AvgIpc) is 2.68. The lowest BCUT2D eigenvalue weighted by molar-refractivity contribution is -0.145. The van der Waals surface area contributed by atoms with Gasteiger partial charge in [-0.15, -0.1) is 0 Å². The van der Waals surface area contributed by atoms with Gasteiger partial charge in [0.15, 0.2) is 0 Å². The van der Waals surface area contributed by atoms with Crippen LogP contribution in [0, 0.1) is 12.8 Å². The van der Waals surface area contributed by atoms with Gasteiger partial charge in [-0.05, 0) is 39.4 Å². The molecule has 0 aromatic heterocycles. The number of aryl methyl sites for hydroxylation is 1. The van der Waals surface area contributed by atoms with Gasteiger partial charge in [-0.1, -0.05) is 29.8 Å². The minimum absolute atomic E-state index is 0.0314. The van der Waals surface area contributed by atoms with Gasteiger partial charge in [-0.25, -0.2) is 0 Å². The highest BCUT2D eigenvalue weighted by molar-refractivity contribution is 5.84. The number of likely N-dealkylation sites (tertiary alicyclic amines) is 1. The number of ether oxygens (including phenoxy) is 1. The van der Waals surface area contributed by atoms with Gasteiger partial charge >= 0.3 is 0 Å². The lowest BCUT2D eigenvalue weighted by Crippen LogP contribution is -2.49. The van der Waals surface area contributed by atoms with Crippen LogP contribution < -0.4 is 0 Å². The summed E-state index contributed by atoms with van der Waals surface area (Å²) in [6.07, 6.45) is 1.49. The van der Waals surface area contributed by atoms with Crippen molar-refractivity contribution >= 4 is 11.8 Å². The molecule has 1 aromatic carbocycles. The quantitative estimate of drug-likeness (QED) is 0.806. The highest BCUT2D eigenvalue weighted by Crippen LogP contribution is 2.26. The van der Waals surface area contributed by atoms with E-state index in [1.165, 1.54) is 0 Å². The van der Waals surface area contributed by atoms with Crippen molar-refractivity contribution < 1.29 is 14.3 Å². The second-order valence-corrected chi connectivity index (χ2v) is 7.82. The lowest BCUT2D eigenvalue weighted by Gasteiger charge is -2.37. The van der Waals surface area contributed by atoms with Gasteiger partial charge in [0.25, 0.3) is 0 Å². The number of carbonyl (C=O) groups excluding carboxylic acids is 2. The normalized spacial score (nSPS) is 20.0. The molecule has 3 rings (SSSR count). The summed E-state index contributed by atoms with van der Waals surface area (Å²) in [7, 11) is 3.89. The predicted octanol–water partition coefficient (Wildman–Crippen LogP) is 1.70. The Balaban J connectivity index is 1.62. The molecule has 148 valence electrons. The van der Waals surface area contributed by atoms with E-state index in [4.69, 9.17) is 4.74 Å². The summed E-state index contributed by atoms with van der Waals surface area (Å²) < 4.78 is 5.33. The Hall–Kier alpha value is -1.92. The SMILES string of the molecule is Cc1cccc([C@H](C(=O)N2CCC(C(=O)N3CCOCC3)CC2)N(C)C)c1. The number of carbonyl (C=O) groups is 2. The number of nitrogens with zero attached hydrogens (tertiary/aromatic N) is 3. The zero-order valence-electron chi connectivity index (χ0n) is 16.7. The third-order valence-corrected chi connectivity index (χ3v) is 5.59.